The van der Waals surface area contributed by atoms with Crippen molar-refractivity contribution in [2.75, 3.05) is 25.0 Å². The maximum absolute atomic E-state index is 15.3. The van der Waals surface area contributed by atoms with Crippen LogP contribution in [0.2, 0.25) is 0 Å². The molecule has 1 aliphatic heterocycles. The van der Waals surface area contributed by atoms with Gasteiger partial charge in [0, 0.05) is 49.0 Å². The highest BCUT2D eigenvalue weighted by Gasteiger charge is 2.25. The lowest BCUT2D eigenvalue weighted by molar-refractivity contribution is 0.111. The molecule has 2 fully saturated rings. The Kier molecular flexibility index (Phi) is 7.98. The zero-order valence-electron chi connectivity index (χ0n) is 21.0. The van der Waals surface area contributed by atoms with Crippen LogP contribution < -0.4 is 5.32 Å². The van der Waals surface area contributed by atoms with E-state index in [9.17, 15) is 9.32 Å². The molecule has 0 radical (unpaired) electrons. The highest BCUT2D eigenvalue weighted by Crippen LogP contribution is 2.37. The number of anilines is 1. The van der Waals surface area contributed by atoms with Crippen LogP contribution in [0.1, 0.15) is 70.8 Å². The van der Waals surface area contributed by atoms with Crippen LogP contribution in [0.5, 0.6) is 0 Å². The van der Waals surface area contributed by atoms with Gasteiger partial charge in [0.1, 0.15) is 22.5 Å². The van der Waals surface area contributed by atoms with Gasteiger partial charge < -0.3 is 15.0 Å². The van der Waals surface area contributed by atoms with E-state index in [1.807, 2.05) is 22.8 Å². The minimum absolute atomic E-state index is 0.221. The molecule has 1 saturated heterocycles. The fourth-order valence-electron chi connectivity index (χ4n) is 5.32. The second-order valence-corrected chi connectivity index (χ2v) is 11.5. The van der Waals surface area contributed by atoms with Gasteiger partial charge in [0.25, 0.3) is 0 Å². The molecule has 9 heteroatoms. The van der Waals surface area contributed by atoms with Gasteiger partial charge in [0.15, 0.2) is 0 Å². The van der Waals surface area contributed by atoms with E-state index in [1.165, 1.54) is 6.07 Å². The van der Waals surface area contributed by atoms with Crippen LogP contribution in [0.15, 0.2) is 35.5 Å². The molecule has 36 heavy (non-hydrogen) atoms. The molecule has 0 spiro atoms. The lowest BCUT2D eigenvalue weighted by Crippen LogP contribution is -2.31. The largest absolute Gasteiger partial charge is 0.393 e. The van der Waals surface area contributed by atoms with E-state index >= 15 is 4.39 Å². The van der Waals surface area contributed by atoms with Gasteiger partial charge in [-0.05, 0) is 62.6 Å². The maximum Gasteiger partial charge on any atom is 0.224 e. The van der Waals surface area contributed by atoms with Crippen molar-refractivity contribution < 1.29 is 13.7 Å². The topological polar surface area (TPSA) is 83.3 Å². The number of aliphatic hydroxyl groups is 1. The molecule has 2 N–H and O–H groups in total. The standard InChI is InChI=1S/C27H36FN5O2S/c1-2-3-13-29-27-30-17-22-23(18-33(26(22)31-27)20-8-10-21(34)11-9-20)19-7-12-25(24(28)16-19)36(35)32-14-5-4-6-15-32/h7,12,16-18,20-21,34H,2-6,8-11,13-15H2,1H3,(H,29,30,31). The third kappa shape index (κ3) is 5.33. The monoisotopic (exact) mass is 513 g/mol. The normalized spacial score (nSPS) is 22.1. The number of hydrogen-bond donors (Lipinski definition) is 2. The molecule has 0 amide bonds. The summed E-state index contributed by atoms with van der Waals surface area (Å²) in [5.41, 5.74) is 2.41. The number of piperidine rings is 1. The second-order valence-electron chi connectivity index (χ2n) is 10.0. The number of nitrogens with zero attached hydrogens (tertiary/aromatic N) is 4. The van der Waals surface area contributed by atoms with Crippen molar-refractivity contribution in [3.8, 4) is 11.1 Å². The lowest BCUT2D eigenvalue weighted by atomic mass is 9.93. The number of aliphatic hydroxyl groups excluding tert-OH is 1. The van der Waals surface area contributed by atoms with Crippen molar-refractivity contribution in [3.63, 3.8) is 0 Å². The van der Waals surface area contributed by atoms with Gasteiger partial charge in [0.2, 0.25) is 5.95 Å². The molecule has 5 rings (SSSR count). The van der Waals surface area contributed by atoms with E-state index in [2.05, 4.69) is 21.8 Å². The summed E-state index contributed by atoms with van der Waals surface area (Å²) in [4.78, 5) is 9.63. The Morgan fingerprint density at radius 1 is 1.17 bits per heavy atom. The Bertz CT molecular complexity index is 1220. The van der Waals surface area contributed by atoms with Crippen molar-refractivity contribution in [1.82, 2.24) is 18.8 Å². The third-order valence-electron chi connectivity index (χ3n) is 7.43. The SMILES string of the molecule is CCCCNc1ncc2c(-c3ccc(S(=O)N4CCCCC4)c(F)c3)cn(C3CCC(O)CC3)c2n1. The molecule has 2 aromatic heterocycles. The van der Waals surface area contributed by atoms with Crippen LogP contribution in [0.4, 0.5) is 10.3 Å². The first-order valence-electron chi connectivity index (χ1n) is 13.3. The van der Waals surface area contributed by atoms with Gasteiger partial charge >= 0.3 is 0 Å². The summed E-state index contributed by atoms with van der Waals surface area (Å²) in [5, 5.41) is 14.2. The zero-order chi connectivity index (χ0) is 25.1. The Balaban J connectivity index is 1.50. The number of hydrogen-bond acceptors (Lipinski definition) is 5. The number of benzene rings is 1. The maximum atomic E-state index is 15.3. The number of halogens is 1. The Labute approximate surface area is 214 Å². The van der Waals surface area contributed by atoms with Crippen LogP contribution in [0.3, 0.4) is 0 Å². The highest BCUT2D eigenvalue weighted by molar-refractivity contribution is 7.82. The molecule has 0 bridgehead atoms. The predicted octanol–water partition coefficient (Wildman–Crippen LogP) is 5.43. The summed E-state index contributed by atoms with van der Waals surface area (Å²) in [6.45, 7) is 4.44. The molecule has 1 atom stereocenters. The number of aromatic nitrogens is 3. The van der Waals surface area contributed by atoms with Crippen LogP contribution in [0.25, 0.3) is 22.2 Å². The minimum atomic E-state index is -1.49. The Hall–Kier alpha value is -2.36. The molecule has 3 heterocycles. The summed E-state index contributed by atoms with van der Waals surface area (Å²) in [7, 11) is -1.49. The van der Waals surface area contributed by atoms with Crippen LogP contribution in [0, 0.1) is 5.82 Å². The summed E-state index contributed by atoms with van der Waals surface area (Å²) in [6, 6.07) is 5.24. The molecule has 1 saturated carbocycles. The summed E-state index contributed by atoms with van der Waals surface area (Å²) in [5.74, 6) is 0.146. The third-order valence-corrected chi connectivity index (χ3v) is 8.97. The molecule has 1 aromatic carbocycles. The quantitative estimate of drug-likeness (QED) is 0.392. The predicted molar refractivity (Wildman–Crippen MR) is 142 cm³/mol. The van der Waals surface area contributed by atoms with Crippen molar-refractivity contribution in [2.45, 2.75) is 81.8 Å². The van der Waals surface area contributed by atoms with Gasteiger partial charge in [-0.3, -0.25) is 0 Å². The molecule has 3 aromatic rings. The lowest BCUT2D eigenvalue weighted by Gasteiger charge is -2.27. The van der Waals surface area contributed by atoms with Crippen molar-refractivity contribution >= 4 is 28.0 Å². The summed E-state index contributed by atoms with van der Waals surface area (Å²) < 4.78 is 32.3. The van der Waals surface area contributed by atoms with Crippen LogP contribution in [-0.2, 0) is 11.0 Å². The number of rotatable bonds is 8. The van der Waals surface area contributed by atoms with Crippen LogP contribution >= 0.6 is 0 Å². The van der Waals surface area contributed by atoms with Crippen molar-refractivity contribution in [3.05, 3.63) is 36.4 Å². The zero-order valence-corrected chi connectivity index (χ0v) is 21.8. The van der Waals surface area contributed by atoms with E-state index in [1.54, 1.807) is 6.07 Å². The molecule has 2 aliphatic rings. The molecular weight excluding hydrogens is 477 g/mol. The van der Waals surface area contributed by atoms with Crippen molar-refractivity contribution in [2.24, 2.45) is 0 Å². The van der Waals surface area contributed by atoms with Gasteiger partial charge in [0.05, 0.1) is 11.0 Å². The molecule has 194 valence electrons. The van der Waals surface area contributed by atoms with Gasteiger partial charge in [-0.2, -0.15) is 4.98 Å². The van der Waals surface area contributed by atoms with Gasteiger partial charge in [-0.1, -0.05) is 25.8 Å². The molecule has 1 unspecified atom stereocenters. The fraction of sp³-hybridized carbons (Fsp3) is 0.556. The number of fused-ring (bicyclic) bond motifs is 1. The molecule has 7 nitrogen and oxygen atoms in total. The van der Waals surface area contributed by atoms with Gasteiger partial charge in [-0.25, -0.2) is 17.9 Å². The van der Waals surface area contributed by atoms with E-state index < -0.39 is 16.8 Å². The molecule has 1 aliphatic carbocycles. The van der Waals surface area contributed by atoms with E-state index in [4.69, 9.17) is 4.98 Å². The van der Waals surface area contributed by atoms with Gasteiger partial charge in [-0.15, -0.1) is 0 Å². The second kappa shape index (κ2) is 11.4. The van der Waals surface area contributed by atoms with Crippen molar-refractivity contribution in [1.29, 1.82) is 0 Å². The average molecular weight is 514 g/mol. The highest BCUT2D eigenvalue weighted by atomic mass is 32.2. The average Bonchev–Trinajstić information content (AvgIpc) is 3.28. The van der Waals surface area contributed by atoms with Crippen LogP contribution in [-0.4, -0.2) is 53.9 Å². The summed E-state index contributed by atoms with van der Waals surface area (Å²) >= 11 is 0. The Morgan fingerprint density at radius 2 is 1.94 bits per heavy atom. The first-order valence-corrected chi connectivity index (χ1v) is 14.4. The first kappa shape index (κ1) is 25.3. The van der Waals surface area contributed by atoms with E-state index in [-0.39, 0.29) is 17.0 Å². The first-order chi connectivity index (χ1) is 17.5. The summed E-state index contributed by atoms with van der Waals surface area (Å²) in [6.07, 6.45) is 12.1. The number of unbranched alkanes of at least 4 members (excludes halogenated alkanes) is 1. The smallest absolute Gasteiger partial charge is 0.224 e. The minimum Gasteiger partial charge on any atom is -0.393 e. The Morgan fingerprint density at radius 3 is 2.67 bits per heavy atom. The fourth-order valence-corrected chi connectivity index (χ4v) is 6.59. The number of nitrogens with one attached hydrogen (secondary N) is 1. The van der Waals surface area contributed by atoms with E-state index in [0.717, 1.165) is 99.6 Å². The molecular formula is C27H36FN5O2S. The van der Waals surface area contributed by atoms with E-state index in [0.29, 0.717) is 5.95 Å².